The van der Waals surface area contributed by atoms with E-state index in [1.165, 1.54) is 17.1 Å². The zero-order chi connectivity index (χ0) is 25.5. The molecule has 3 aliphatic heterocycles. The monoisotopic (exact) mass is 508 g/mol. The lowest BCUT2D eigenvalue weighted by molar-refractivity contribution is -0.120. The van der Waals surface area contributed by atoms with Crippen LogP contribution in [0.1, 0.15) is 34.7 Å². The Bertz CT molecular complexity index is 1320. The number of nitrogens with one attached hydrogen (secondary N) is 1. The number of likely N-dealkylation sites (N-methyl/N-ethyl adjacent to an activating group) is 1. The Morgan fingerprint density at radius 1 is 1.27 bits per heavy atom. The number of hydrogen-bond donors (Lipinski definition) is 1. The van der Waals surface area contributed by atoms with Crippen LogP contribution in [-0.2, 0) is 29.0 Å². The molecule has 0 radical (unpaired) electrons. The lowest BCUT2D eigenvalue weighted by Crippen LogP contribution is -2.47. The van der Waals surface area contributed by atoms with Crippen molar-refractivity contribution in [1.29, 1.82) is 0 Å². The third-order valence-electron chi connectivity index (χ3n) is 7.42. The Balaban J connectivity index is 1.07. The summed E-state index contributed by atoms with van der Waals surface area (Å²) in [4.78, 5) is 34.0. The van der Waals surface area contributed by atoms with Crippen molar-refractivity contribution in [2.24, 2.45) is 0 Å². The second kappa shape index (κ2) is 9.67. The fourth-order valence-electron chi connectivity index (χ4n) is 5.38. The number of hydrogen-bond acceptors (Lipinski definition) is 7. The topological polar surface area (TPSA) is 110 Å². The summed E-state index contributed by atoms with van der Waals surface area (Å²) >= 11 is 0. The van der Waals surface area contributed by atoms with Gasteiger partial charge in [0.05, 0.1) is 24.9 Å². The van der Waals surface area contributed by atoms with E-state index in [1.807, 2.05) is 10.7 Å². The number of halogens is 1. The Morgan fingerprint density at radius 2 is 2.14 bits per heavy atom. The Kier molecular flexibility index (Phi) is 6.21. The number of fused-ring (bicyclic) bond motifs is 3. The minimum absolute atomic E-state index is 0.0722. The largest absolute Gasteiger partial charge is 0.375 e. The highest BCUT2D eigenvalue weighted by atomic mass is 19.1. The number of carbonyl (C=O) groups is 2. The van der Waals surface area contributed by atoms with Gasteiger partial charge in [0.25, 0.3) is 11.8 Å². The molecule has 194 valence electrons. The second-order valence-corrected chi connectivity index (χ2v) is 9.88. The Morgan fingerprint density at radius 3 is 2.92 bits per heavy atom. The van der Waals surface area contributed by atoms with Crippen molar-refractivity contribution in [2.75, 3.05) is 31.6 Å². The number of amides is 2. The predicted molar refractivity (Wildman–Crippen MR) is 130 cm³/mol. The van der Waals surface area contributed by atoms with Crippen molar-refractivity contribution in [2.45, 2.75) is 50.5 Å². The predicted octanol–water partition coefficient (Wildman–Crippen LogP) is 0.843. The van der Waals surface area contributed by atoms with Crippen molar-refractivity contribution in [3.05, 3.63) is 59.6 Å². The quantitative estimate of drug-likeness (QED) is 0.504. The number of benzene rings is 1. The van der Waals surface area contributed by atoms with Crippen molar-refractivity contribution in [1.82, 2.24) is 34.8 Å². The molecule has 11 nitrogen and oxygen atoms in total. The molecule has 0 spiro atoms. The van der Waals surface area contributed by atoms with Gasteiger partial charge in [-0.3, -0.25) is 19.4 Å². The van der Waals surface area contributed by atoms with E-state index in [0.29, 0.717) is 30.7 Å². The molecule has 6 rings (SSSR count). The molecule has 3 atom stereocenters. The number of ether oxygens (including phenoxy) is 1. The van der Waals surface area contributed by atoms with Gasteiger partial charge in [-0.1, -0.05) is 18.2 Å². The number of carbonyl (C=O) groups excluding carboxylic acids is 2. The van der Waals surface area contributed by atoms with Crippen molar-refractivity contribution < 1.29 is 18.7 Å². The van der Waals surface area contributed by atoms with Crippen LogP contribution in [0.25, 0.3) is 0 Å². The minimum atomic E-state index is -0.735. The lowest BCUT2D eigenvalue weighted by Gasteiger charge is -2.26. The van der Waals surface area contributed by atoms with Crippen LogP contribution in [0.2, 0.25) is 0 Å². The van der Waals surface area contributed by atoms with Gasteiger partial charge in [0.15, 0.2) is 0 Å². The summed E-state index contributed by atoms with van der Waals surface area (Å²) < 4.78 is 22.8. The zero-order valence-corrected chi connectivity index (χ0v) is 20.6. The molecule has 37 heavy (non-hydrogen) atoms. The first-order valence-electron chi connectivity index (χ1n) is 12.6. The van der Waals surface area contributed by atoms with E-state index in [9.17, 15) is 14.0 Å². The number of anilines is 1. The highest BCUT2D eigenvalue weighted by Gasteiger charge is 2.38. The Hall–Kier alpha value is -3.64. The number of aromatic nitrogens is 5. The van der Waals surface area contributed by atoms with Gasteiger partial charge in [0.2, 0.25) is 5.82 Å². The van der Waals surface area contributed by atoms with Gasteiger partial charge < -0.3 is 10.1 Å². The van der Waals surface area contributed by atoms with E-state index < -0.39 is 11.9 Å². The molecule has 3 aromatic rings. The highest BCUT2D eigenvalue weighted by molar-refractivity contribution is 6.00. The van der Waals surface area contributed by atoms with E-state index in [1.54, 1.807) is 30.1 Å². The molecule has 5 heterocycles. The summed E-state index contributed by atoms with van der Waals surface area (Å²) in [5.74, 6) is -0.483. The molecule has 2 bridgehead atoms. The molecule has 2 saturated heterocycles. The molecule has 2 aromatic heterocycles. The number of aryl methyl sites for hydroxylation is 1. The number of likely N-dealkylation sites (tertiary alicyclic amines) is 1. The molecular formula is C25H29FN8O3. The summed E-state index contributed by atoms with van der Waals surface area (Å²) in [5, 5.41) is 11.7. The van der Waals surface area contributed by atoms with Crippen LogP contribution in [0.3, 0.4) is 0 Å². The van der Waals surface area contributed by atoms with Gasteiger partial charge in [-0.05, 0) is 18.9 Å². The van der Waals surface area contributed by atoms with E-state index >= 15 is 0 Å². The van der Waals surface area contributed by atoms with Crippen LogP contribution in [0.15, 0.2) is 36.7 Å². The average molecular weight is 509 g/mol. The van der Waals surface area contributed by atoms with Crippen molar-refractivity contribution >= 4 is 17.6 Å². The van der Waals surface area contributed by atoms with E-state index in [0.717, 1.165) is 44.0 Å². The number of morpholine rings is 1. The van der Waals surface area contributed by atoms with Gasteiger partial charge >= 0.3 is 0 Å². The third kappa shape index (κ3) is 4.74. The molecular weight excluding hydrogens is 479 g/mol. The molecule has 2 amide bonds. The van der Waals surface area contributed by atoms with Crippen molar-refractivity contribution in [3.63, 3.8) is 0 Å². The summed E-state index contributed by atoms with van der Waals surface area (Å²) in [6, 6.07) is 8.10. The van der Waals surface area contributed by atoms with Crippen LogP contribution in [0.4, 0.5) is 10.2 Å². The maximum atomic E-state index is 13.9. The van der Waals surface area contributed by atoms with Crippen LogP contribution in [0, 0.1) is 5.82 Å². The average Bonchev–Trinajstić information content (AvgIpc) is 3.69. The van der Waals surface area contributed by atoms with Crippen LogP contribution in [-0.4, -0.2) is 86.2 Å². The second-order valence-electron chi connectivity index (χ2n) is 9.88. The van der Waals surface area contributed by atoms with Gasteiger partial charge in [0.1, 0.15) is 24.0 Å². The fourth-order valence-corrected chi connectivity index (χ4v) is 5.38. The fraction of sp³-hybridized carbons (Fsp3) is 0.480. The molecule has 2 fully saturated rings. The molecule has 1 N–H and O–H groups in total. The lowest BCUT2D eigenvalue weighted by atomic mass is 10.2. The maximum Gasteiger partial charge on any atom is 0.291 e. The van der Waals surface area contributed by atoms with Gasteiger partial charge in [-0.2, -0.15) is 5.10 Å². The first kappa shape index (κ1) is 23.7. The van der Waals surface area contributed by atoms with Gasteiger partial charge in [-0.25, -0.2) is 18.7 Å². The van der Waals surface area contributed by atoms with Crippen molar-refractivity contribution in [3.8, 4) is 0 Å². The van der Waals surface area contributed by atoms with E-state index in [-0.39, 0.29) is 24.1 Å². The zero-order valence-electron chi connectivity index (χ0n) is 20.6. The molecule has 3 unspecified atom stereocenters. The first-order valence-corrected chi connectivity index (χ1v) is 12.6. The SMILES string of the molecule is CN1C(=O)C(NC(=O)c2ncn(Cc3ccccc3F)n2)CCn2nc(CCN3CC4CC3CO4)cc21. The summed E-state index contributed by atoms with van der Waals surface area (Å²) in [5.41, 5.74) is 1.39. The van der Waals surface area contributed by atoms with Gasteiger partial charge in [0, 0.05) is 50.8 Å². The van der Waals surface area contributed by atoms with Crippen LogP contribution >= 0.6 is 0 Å². The summed E-state index contributed by atoms with van der Waals surface area (Å²) in [6.07, 6.45) is 4.07. The highest BCUT2D eigenvalue weighted by Crippen LogP contribution is 2.28. The standard InChI is InChI=1S/C25H29FN8O3/c1-31-22-10-17(6-8-32-13-19-11-18(32)14-37-19)29-34(22)9-7-21(25(31)36)28-24(35)23-27-15-33(30-23)12-16-4-2-3-5-20(16)26/h2-5,10,15,18-19,21H,6-9,11-14H2,1H3,(H,28,35). The maximum absolute atomic E-state index is 13.9. The summed E-state index contributed by atoms with van der Waals surface area (Å²) in [7, 11) is 1.70. The molecule has 12 heteroatoms. The van der Waals surface area contributed by atoms with Crippen LogP contribution < -0.4 is 10.2 Å². The number of rotatable bonds is 7. The number of nitrogens with zero attached hydrogens (tertiary/aromatic N) is 7. The molecule has 0 aliphatic carbocycles. The van der Waals surface area contributed by atoms with Crippen LogP contribution in [0.5, 0.6) is 0 Å². The molecule has 3 aliphatic rings. The smallest absolute Gasteiger partial charge is 0.291 e. The normalized spacial score (nSPS) is 23.4. The summed E-state index contributed by atoms with van der Waals surface area (Å²) in [6.45, 7) is 3.36. The minimum Gasteiger partial charge on any atom is -0.375 e. The van der Waals surface area contributed by atoms with E-state index in [4.69, 9.17) is 9.84 Å². The van der Waals surface area contributed by atoms with Gasteiger partial charge in [-0.15, -0.1) is 5.10 Å². The molecule has 1 aromatic carbocycles. The van der Waals surface area contributed by atoms with E-state index in [2.05, 4.69) is 20.3 Å². The first-order chi connectivity index (χ1) is 17.9. The Labute approximate surface area is 213 Å². The third-order valence-corrected chi connectivity index (χ3v) is 7.42. The molecule has 0 saturated carbocycles.